The maximum atomic E-state index is 5.53. The Hall–Kier alpha value is -1.20. The summed E-state index contributed by atoms with van der Waals surface area (Å²) in [5, 5.41) is 9.32. The second kappa shape index (κ2) is 3.99. The summed E-state index contributed by atoms with van der Waals surface area (Å²) in [4.78, 5) is 5.65. The number of aromatic nitrogens is 3. The molecular formula is C11H13N3OS. The first kappa shape index (κ1) is 9.99. The third-order valence-corrected chi connectivity index (χ3v) is 3.84. The minimum Gasteiger partial charge on any atom is -0.378 e. The summed E-state index contributed by atoms with van der Waals surface area (Å²) >= 11 is 1.66. The highest BCUT2D eigenvalue weighted by Crippen LogP contribution is 2.30. The van der Waals surface area contributed by atoms with Crippen LogP contribution in [0.1, 0.15) is 25.1 Å². The Morgan fingerprint density at radius 3 is 3.19 bits per heavy atom. The number of rotatable bonds is 2. The molecule has 0 amide bonds. The van der Waals surface area contributed by atoms with Crippen LogP contribution < -0.4 is 0 Å². The molecule has 0 aliphatic carbocycles. The highest BCUT2D eigenvalue weighted by Gasteiger charge is 2.28. The third kappa shape index (κ3) is 1.66. The van der Waals surface area contributed by atoms with Crippen molar-refractivity contribution in [3.05, 3.63) is 23.3 Å². The number of nitrogens with zero attached hydrogens (tertiary/aromatic N) is 2. The van der Waals surface area contributed by atoms with E-state index in [1.165, 1.54) is 0 Å². The van der Waals surface area contributed by atoms with Crippen molar-refractivity contribution in [3.63, 3.8) is 0 Å². The molecule has 1 saturated heterocycles. The molecule has 2 unspecified atom stereocenters. The van der Waals surface area contributed by atoms with Gasteiger partial charge in [-0.1, -0.05) is 6.07 Å². The standard InChI is InChI=1S/C11H13N3OS/c1-7-8(4-5-15-7)10-12-11(14-13-10)9-3-2-6-16-9/h2-3,6-8H,4-5H2,1H3,(H,12,13,14). The van der Waals surface area contributed by atoms with Crippen molar-refractivity contribution < 1.29 is 4.74 Å². The SMILES string of the molecule is CC1OCCC1c1nc(-c2cccs2)n[nH]1. The average Bonchev–Trinajstić information content (AvgIpc) is 2.96. The lowest BCUT2D eigenvalue weighted by molar-refractivity contribution is 0.117. The number of ether oxygens (including phenoxy) is 1. The fraction of sp³-hybridized carbons (Fsp3) is 0.455. The molecule has 1 aliphatic rings. The van der Waals surface area contributed by atoms with Crippen molar-refractivity contribution >= 4 is 11.3 Å². The highest BCUT2D eigenvalue weighted by atomic mass is 32.1. The molecule has 1 fully saturated rings. The molecule has 4 nitrogen and oxygen atoms in total. The topological polar surface area (TPSA) is 50.8 Å². The molecule has 0 bridgehead atoms. The maximum absolute atomic E-state index is 5.53. The largest absolute Gasteiger partial charge is 0.378 e. The zero-order chi connectivity index (χ0) is 11.0. The highest BCUT2D eigenvalue weighted by molar-refractivity contribution is 7.13. The van der Waals surface area contributed by atoms with Gasteiger partial charge in [-0.05, 0) is 24.8 Å². The van der Waals surface area contributed by atoms with E-state index in [1.807, 2.05) is 17.5 Å². The van der Waals surface area contributed by atoms with Gasteiger partial charge in [0.25, 0.3) is 0 Å². The lowest BCUT2D eigenvalue weighted by atomic mass is 10.0. The molecule has 16 heavy (non-hydrogen) atoms. The van der Waals surface area contributed by atoms with E-state index in [0.717, 1.165) is 29.6 Å². The quantitative estimate of drug-likeness (QED) is 0.869. The van der Waals surface area contributed by atoms with E-state index in [2.05, 4.69) is 22.1 Å². The van der Waals surface area contributed by atoms with Crippen LogP contribution in [0.4, 0.5) is 0 Å². The first-order valence-corrected chi connectivity index (χ1v) is 6.30. The molecule has 3 heterocycles. The van der Waals surface area contributed by atoms with Crippen LogP contribution in [0, 0.1) is 0 Å². The monoisotopic (exact) mass is 235 g/mol. The minimum atomic E-state index is 0.240. The van der Waals surface area contributed by atoms with Gasteiger partial charge in [-0.15, -0.1) is 11.3 Å². The first-order chi connectivity index (χ1) is 7.84. The van der Waals surface area contributed by atoms with Crippen LogP contribution in [-0.4, -0.2) is 27.9 Å². The average molecular weight is 235 g/mol. The zero-order valence-corrected chi connectivity index (χ0v) is 9.83. The van der Waals surface area contributed by atoms with Crippen molar-refractivity contribution in [1.29, 1.82) is 0 Å². The summed E-state index contributed by atoms with van der Waals surface area (Å²) in [6.45, 7) is 2.91. The van der Waals surface area contributed by atoms with Crippen LogP contribution in [0.5, 0.6) is 0 Å². The smallest absolute Gasteiger partial charge is 0.191 e. The fourth-order valence-electron chi connectivity index (χ4n) is 2.05. The molecule has 1 aliphatic heterocycles. The van der Waals surface area contributed by atoms with Gasteiger partial charge in [-0.3, -0.25) is 5.10 Å². The predicted molar refractivity (Wildman–Crippen MR) is 62.5 cm³/mol. The Bertz CT molecular complexity index is 465. The molecule has 5 heteroatoms. The van der Waals surface area contributed by atoms with Crippen molar-refractivity contribution in [2.75, 3.05) is 6.61 Å². The molecule has 2 atom stereocenters. The van der Waals surface area contributed by atoms with Crippen LogP contribution in [0.25, 0.3) is 10.7 Å². The Balaban J connectivity index is 1.88. The zero-order valence-electron chi connectivity index (χ0n) is 9.01. The van der Waals surface area contributed by atoms with Crippen molar-refractivity contribution in [3.8, 4) is 10.7 Å². The van der Waals surface area contributed by atoms with Crippen molar-refractivity contribution in [1.82, 2.24) is 15.2 Å². The normalized spacial score (nSPS) is 25.1. The number of H-pyrrole nitrogens is 1. The second-order valence-electron chi connectivity index (χ2n) is 3.99. The molecule has 84 valence electrons. The van der Waals surface area contributed by atoms with Gasteiger partial charge < -0.3 is 4.74 Å². The Morgan fingerprint density at radius 1 is 1.56 bits per heavy atom. The summed E-state index contributed by atoms with van der Waals surface area (Å²) in [5.41, 5.74) is 0. The van der Waals surface area contributed by atoms with Gasteiger partial charge in [0, 0.05) is 12.5 Å². The van der Waals surface area contributed by atoms with E-state index in [9.17, 15) is 0 Å². The molecular weight excluding hydrogens is 222 g/mol. The van der Waals surface area contributed by atoms with E-state index in [0.29, 0.717) is 5.92 Å². The minimum absolute atomic E-state index is 0.240. The third-order valence-electron chi connectivity index (χ3n) is 2.97. The summed E-state index contributed by atoms with van der Waals surface area (Å²) in [5.74, 6) is 2.11. The van der Waals surface area contributed by atoms with Crippen LogP contribution in [0.3, 0.4) is 0 Å². The lowest BCUT2D eigenvalue weighted by Crippen LogP contribution is -2.10. The summed E-state index contributed by atoms with van der Waals surface area (Å²) in [6, 6.07) is 4.05. The molecule has 3 rings (SSSR count). The second-order valence-corrected chi connectivity index (χ2v) is 4.94. The number of hydrogen-bond donors (Lipinski definition) is 1. The van der Waals surface area contributed by atoms with E-state index < -0.39 is 0 Å². The van der Waals surface area contributed by atoms with Gasteiger partial charge in [0.15, 0.2) is 5.82 Å². The number of thiophene rings is 1. The van der Waals surface area contributed by atoms with Crippen LogP contribution in [0.2, 0.25) is 0 Å². The molecule has 0 radical (unpaired) electrons. The fourth-order valence-corrected chi connectivity index (χ4v) is 2.70. The Morgan fingerprint density at radius 2 is 2.50 bits per heavy atom. The van der Waals surface area contributed by atoms with Crippen molar-refractivity contribution in [2.24, 2.45) is 0 Å². The molecule has 0 aromatic carbocycles. The van der Waals surface area contributed by atoms with Gasteiger partial charge in [-0.25, -0.2) is 4.98 Å². The van der Waals surface area contributed by atoms with E-state index in [1.54, 1.807) is 11.3 Å². The van der Waals surface area contributed by atoms with Gasteiger partial charge >= 0.3 is 0 Å². The number of hydrogen-bond acceptors (Lipinski definition) is 4. The van der Waals surface area contributed by atoms with E-state index >= 15 is 0 Å². The number of nitrogens with one attached hydrogen (secondary N) is 1. The van der Waals surface area contributed by atoms with Gasteiger partial charge in [0.2, 0.25) is 0 Å². The maximum Gasteiger partial charge on any atom is 0.191 e. The Kier molecular flexibility index (Phi) is 2.49. The summed E-state index contributed by atoms with van der Waals surface area (Å²) in [7, 11) is 0. The van der Waals surface area contributed by atoms with Gasteiger partial charge in [0.1, 0.15) is 5.82 Å². The van der Waals surface area contributed by atoms with Crippen LogP contribution >= 0.6 is 11.3 Å². The van der Waals surface area contributed by atoms with Gasteiger partial charge in [-0.2, -0.15) is 5.10 Å². The molecule has 1 N–H and O–H groups in total. The van der Waals surface area contributed by atoms with E-state index in [4.69, 9.17) is 4.74 Å². The van der Waals surface area contributed by atoms with E-state index in [-0.39, 0.29) is 6.10 Å². The first-order valence-electron chi connectivity index (χ1n) is 5.42. The summed E-state index contributed by atoms with van der Waals surface area (Å²) < 4.78 is 5.53. The molecule has 2 aromatic rings. The predicted octanol–water partition coefficient (Wildman–Crippen LogP) is 2.43. The van der Waals surface area contributed by atoms with Crippen LogP contribution in [-0.2, 0) is 4.74 Å². The van der Waals surface area contributed by atoms with Crippen molar-refractivity contribution in [2.45, 2.75) is 25.4 Å². The Labute approximate surface area is 97.7 Å². The molecule has 2 aromatic heterocycles. The number of aromatic amines is 1. The van der Waals surface area contributed by atoms with Crippen LogP contribution in [0.15, 0.2) is 17.5 Å². The molecule has 0 saturated carbocycles. The summed E-state index contributed by atoms with van der Waals surface area (Å²) in [6.07, 6.45) is 1.27. The lowest BCUT2D eigenvalue weighted by Gasteiger charge is -2.09. The van der Waals surface area contributed by atoms with Gasteiger partial charge in [0.05, 0.1) is 11.0 Å². The molecule has 0 spiro atoms.